The van der Waals surface area contributed by atoms with Crippen molar-refractivity contribution in [3.63, 3.8) is 0 Å². The summed E-state index contributed by atoms with van der Waals surface area (Å²) in [7, 11) is -3.86. The Hall–Kier alpha value is -2.59. The van der Waals surface area contributed by atoms with Crippen LogP contribution in [-0.4, -0.2) is 58.0 Å². The van der Waals surface area contributed by atoms with Crippen LogP contribution in [0.25, 0.3) is 0 Å². The Morgan fingerprint density at radius 2 is 1.69 bits per heavy atom. The summed E-state index contributed by atoms with van der Waals surface area (Å²) in [6, 6.07) is 13.5. The average Bonchev–Trinajstić information content (AvgIpc) is 3.03. The molecule has 29 heavy (non-hydrogen) atoms. The molecule has 0 aliphatic carbocycles. The summed E-state index contributed by atoms with van der Waals surface area (Å²) in [5.41, 5.74) is 1.27. The standard InChI is InChI=1S/C20H21N3O5S/c24-19-16-7-6-15(12-17(16)20(25)22-19)29(26,27)21-13-18(14-4-2-1-3-5-14)23-8-10-28-11-9-23/h1-7,12,18,21H,8-11,13H2,(H,22,24,25). The van der Waals surface area contributed by atoms with Gasteiger partial charge in [-0.2, -0.15) is 0 Å². The zero-order chi connectivity index (χ0) is 20.4. The molecule has 2 heterocycles. The SMILES string of the molecule is O=C1NC(=O)c2cc(S(=O)(=O)NCC(c3ccccc3)N3CCOCC3)ccc21. The van der Waals surface area contributed by atoms with E-state index in [2.05, 4.69) is 14.9 Å². The number of rotatable bonds is 6. The number of imide groups is 1. The van der Waals surface area contributed by atoms with Gasteiger partial charge in [-0.05, 0) is 23.8 Å². The first-order valence-corrected chi connectivity index (χ1v) is 10.8. The second-order valence-electron chi connectivity index (χ2n) is 6.92. The van der Waals surface area contributed by atoms with Gasteiger partial charge in [-0.1, -0.05) is 30.3 Å². The van der Waals surface area contributed by atoms with Crippen LogP contribution in [0.4, 0.5) is 0 Å². The van der Waals surface area contributed by atoms with Gasteiger partial charge in [0.15, 0.2) is 0 Å². The number of nitrogens with one attached hydrogen (secondary N) is 2. The molecule has 0 aromatic heterocycles. The van der Waals surface area contributed by atoms with E-state index in [0.29, 0.717) is 26.3 Å². The molecule has 9 heteroatoms. The highest BCUT2D eigenvalue weighted by Gasteiger charge is 2.30. The number of benzene rings is 2. The molecule has 8 nitrogen and oxygen atoms in total. The maximum absolute atomic E-state index is 12.9. The summed E-state index contributed by atoms with van der Waals surface area (Å²) in [6.07, 6.45) is 0. The molecule has 2 aliphatic rings. The molecule has 4 rings (SSSR count). The van der Waals surface area contributed by atoms with E-state index < -0.39 is 21.8 Å². The molecule has 2 amide bonds. The van der Waals surface area contributed by atoms with Gasteiger partial charge in [-0.25, -0.2) is 13.1 Å². The predicted octanol–water partition coefficient (Wildman–Crippen LogP) is 0.922. The Balaban J connectivity index is 1.56. The minimum atomic E-state index is -3.86. The highest BCUT2D eigenvalue weighted by molar-refractivity contribution is 7.89. The van der Waals surface area contributed by atoms with E-state index in [-0.39, 0.29) is 28.6 Å². The van der Waals surface area contributed by atoms with Gasteiger partial charge in [0.05, 0.1) is 29.2 Å². The number of ether oxygens (including phenoxy) is 1. The van der Waals surface area contributed by atoms with E-state index in [9.17, 15) is 18.0 Å². The molecular formula is C20H21N3O5S. The van der Waals surface area contributed by atoms with E-state index in [1.807, 2.05) is 30.3 Å². The number of fused-ring (bicyclic) bond motifs is 1. The second kappa shape index (κ2) is 8.03. The predicted molar refractivity (Wildman–Crippen MR) is 105 cm³/mol. The number of carbonyl (C=O) groups is 2. The smallest absolute Gasteiger partial charge is 0.258 e. The number of hydrogen-bond acceptors (Lipinski definition) is 6. The molecule has 0 saturated carbocycles. The number of morpholine rings is 1. The second-order valence-corrected chi connectivity index (χ2v) is 8.68. The number of nitrogens with zero attached hydrogens (tertiary/aromatic N) is 1. The van der Waals surface area contributed by atoms with Crippen LogP contribution in [0.15, 0.2) is 53.4 Å². The number of carbonyl (C=O) groups excluding carboxylic acids is 2. The highest BCUT2D eigenvalue weighted by Crippen LogP contribution is 2.23. The largest absolute Gasteiger partial charge is 0.379 e. The van der Waals surface area contributed by atoms with Crippen molar-refractivity contribution >= 4 is 21.8 Å². The minimum absolute atomic E-state index is 0.0464. The van der Waals surface area contributed by atoms with Gasteiger partial charge in [0.1, 0.15) is 0 Å². The van der Waals surface area contributed by atoms with Crippen molar-refractivity contribution in [3.8, 4) is 0 Å². The summed E-state index contributed by atoms with van der Waals surface area (Å²) in [5, 5.41) is 2.16. The van der Waals surface area contributed by atoms with Crippen LogP contribution in [0.1, 0.15) is 32.3 Å². The van der Waals surface area contributed by atoms with Crippen LogP contribution in [0.5, 0.6) is 0 Å². The van der Waals surface area contributed by atoms with Crippen LogP contribution in [0.2, 0.25) is 0 Å². The maximum Gasteiger partial charge on any atom is 0.258 e. The van der Waals surface area contributed by atoms with Gasteiger partial charge in [-0.15, -0.1) is 0 Å². The van der Waals surface area contributed by atoms with Gasteiger partial charge in [0.2, 0.25) is 10.0 Å². The zero-order valence-electron chi connectivity index (χ0n) is 15.6. The fourth-order valence-electron chi connectivity index (χ4n) is 3.61. The first-order valence-electron chi connectivity index (χ1n) is 9.32. The van der Waals surface area contributed by atoms with E-state index in [0.717, 1.165) is 5.56 Å². The molecule has 2 aromatic rings. The van der Waals surface area contributed by atoms with E-state index >= 15 is 0 Å². The van der Waals surface area contributed by atoms with Crippen LogP contribution in [0, 0.1) is 0 Å². The summed E-state index contributed by atoms with van der Waals surface area (Å²) in [6.45, 7) is 2.80. The lowest BCUT2D eigenvalue weighted by Gasteiger charge is -2.34. The third-order valence-corrected chi connectivity index (χ3v) is 6.58. The molecule has 2 N–H and O–H groups in total. The highest BCUT2D eigenvalue weighted by atomic mass is 32.2. The normalized spacial score (nSPS) is 18.3. The van der Waals surface area contributed by atoms with Crippen molar-refractivity contribution in [2.45, 2.75) is 10.9 Å². The lowest BCUT2D eigenvalue weighted by atomic mass is 10.1. The number of sulfonamides is 1. The summed E-state index contributed by atoms with van der Waals surface area (Å²) in [4.78, 5) is 25.7. The van der Waals surface area contributed by atoms with Crippen LogP contribution in [-0.2, 0) is 14.8 Å². The zero-order valence-corrected chi connectivity index (χ0v) is 16.4. The third-order valence-electron chi connectivity index (χ3n) is 5.16. The van der Waals surface area contributed by atoms with Gasteiger partial charge in [-0.3, -0.25) is 19.8 Å². The Kier molecular flexibility index (Phi) is 5.46. The quantitative estimate of drug-likeness (QED) is 0.680. The first kappa shape index (κ1) is 19.7. The average molecular weight is 415 g/mol. The molecule has 2 aromatic carbocycles. The molecule has 1 fully saturated rings. The lowest BCUT2D eigenvalue weighted by Crippen LogP contribution is -2.43. The summed E-state index contributed by atoms with van der Waals surface area (Å²) in [5.74, 6) is -1.10. The van der Waals surface area contributed by atoms with Crippen LogP contribution in [0.3, 0.4) is 0 Å². The van der Waals surface area contributed by atoms with Crippen molar-refractivity contribution in [2.24, 2.45) is 0 Å². The van der Waals surface area contributed by atoms with Crippen molar-refractivity contribution < 1.29 is 22.7 Å². The maximum atomic E-state index is 12.9. The van der Waals surface area contributed by atoms with Gasteiger partial charge in [0, 0.05) is 25.7 Å². The Labute approximate surface area is 168 Å². The van der Waals surface area contributed by atoms with Crippen molar-refractivity contribution in [1.29, 1.82) is 0 Å². The summed E-state index contributed by atoms with van der Waals surface area (Å²) >= 11 is 0. The molecular weight excluding hydrogens is 394 g/mol. The van der Waals surface area contributed by atoms with Crippen molar-refractivity contribution in [1.82, 2.24) is 14.9 Å². The van der Waals surface area contributed by atoms with E-state index in [1.165, 1.54) is 18.2 Å². The van der Waals surface area contributed by atoms with Crippen molar-refractivity contribution in [3.05, 3.63) is 65.2 Å². The number of amides is 2. The van der Waals surface area contributed by atoms with E-state index in [4.69, 9.17) is 4.74 Å². The molecule has 152 valence electrons. The van der Waals surface area contributed by atoms with Gasteiger partial charge < -0.3 is 4.74 Å². The molecule has 0 spiro atoms. The Morgan fingerprint density at radius 1 is 1.00 bits per heavy atom. The molecule has 0 bridgehead atoms. The lowest BCUT2D eigenvalue weighted by molar-refractivity contribution is 0.0172. The minimum Gasteiger partial charge on any atom is -0.379 e. The molecule has 2 aliphatic heterocycles. The van der Waals surface area contributed by atoms with Gasteiger partial charge in [0.25, 0.3) is 11.8 Å². The molecule has 0 radical (unpaired) electrons. The fourth-order valence-corrected chi connectivity index (χ4v) is 4.67. The number of hydrogen-bond donors (Lipinski definition) is 2. The van der Waals surface area contributed by atoms with Crippen LogP contribution >= 0.6 is 0 Å². The third kappa shape index (κ3) is 4.08. The van der Waals surface area contributed by atoms with Gasteiger partial charge >= 0.3 is 0 Å². The monoisotopic (exact) mass is 415 g/mol. The van der Waals surface area contributed by atoms with Crippen molar-refractivity contribution in [2.75, 3.05) is 32.8 Å². The first-order chi connectivity index (χ1) is 14.0. The van der Waals surface area contributed by atoms with E-state index in [1.54, 1.807) is 0 Å². The molecule has 1 atom stereocenters. The topological polar surface area (TPSA) is 105 Å². The molecule has 1 saturated heterocycles. The summed E-state index contributed by atoms with van der Waals surface area (Å²) < 4.78 is 33.8. The molecule has 1 unspecified atom stereocenters. The fraction of sp³-hybridized carbons (Fsp3) is 0.300. The Morgan fingerprint density at radius 3 is 2.41 bits per heavy atom. The Bertz CT molecular complexity index is 1030. The van der Waals surface area contributed by atoms with Crippen LogP contribution < -0.4 is 10.0 Å².